The van der Waals surface area contributed by atoms with Crippen molar-refractivity contribution in [2.45, 2.75) is 74.8 Å². The number of carbonyl (C=O) groups excluding carboxylic acids is 2. The molecule has 14 nitrogen and oxygen atoms in total. The van der Waals surface area contributed by atoms with Gasteiger partial charge in [0.2, 0.25) is 5.79 Å². The van der Waals surface area contributed by atoms with Gasteiger partial charge < -0.3 is 59.4 Å². The third kappa shape index (κ3) is 5.48. The molecule has 14 heteroatoms. The predicted octanol–water partition coefficient (Wildman–Crippen LogP) is -4.89. The van der Waals surface area contributed by atoms with Gasteiger partial charge in [-0.1, -0.05) is 0 Å². The quantitative estimate of drug-likeness (QED) is 0.170. The summed E-state index contributed by atoms with van der Waals surface area (Å²) in [5.74, 6) is -4.41. The van der Waals surface area contributed by atoms with Crippen molar-refractivity contribution in [3.63, 3.8) is 0 Å². The van der Waals surface area contributed by atoms with Crippen LogP contribution in [0.3, 0.4) is 0 Å². The molecule has 2 rings (SSSR count). The van der Waals surface area contributed by atoms with Crippen LogP contribution >= 0.6 is 0 Å². The minimum Gasteiger partial charge on any atom is -0.460 e. The van der Waals surface area contributed by atoms with Crippen LogP contribution in [-0.4, -0.2) is 128 Å². The Kier molecular flexibility index (Phi) is 8.69. The van der Waals surface area contributed by atoms with Gasteiger partial charge in [0.05, 0.1) is 13.2 Å². The smallest absolute Gasteiger partial charge is 0.335 e. The Balaban J connectivity index is 2.40. The summed E-state index contributed by atoms with van der Waals surface area (Å²) in [7, 11) is 0. The van der Waals surface area contributed by atoms with E-state index in [4.69, 9.17) is 23.7 Å². The van der Waals surface area contributed by atoms with Crippen molar-refractivity contribution in [3.05, 3.63) is 0 Å². The SMILES string of the molecule is CC(=O)OC[C@@]1(O[C@H]2O[C@H](CO)[C@@H](O)[C@H](O)[C@H]2O)O[C@H](CO)[C@@H](O)[C@@H]1OC(=O)C(C)O. The van der Waals surface area contributed by atoms with Crippen molar-refractivity contribution in [2.24, 2.45) is 0 Å². The minimum atomic E-state index is -2.36. The highest BCUT2D eigenvalue weighted by Gasteiger charge is 2.62. The van der Waals surface area contributed by atoms with Crippen molar-refractivity contribution < 1.29 is 69.0 Å². The lowest BCUT2D eigenvalue weighted by Gasteiger charge is -2.43. The molecule has 0 aromatic rings. The molecule has 10 atom stereocenters. The average Bonchev–Trinajstić information content (AvgIpc) is 2.98. The van der Waals surface area contributed by atoms with Gasteiger partial charge in [-0.3, -0.25) is 4.79 Å². The lowest BCUT2D eigenvalue weighted by molar-refractivity contribution is -0.384. The van der Waals surface area contributed by atoms with Crippen molar-refractivity contribution in [3.8, 4) is 0 Å². The topological polar surface area (TPSA) is 222 Å². The molecule has 31 heavy (non-hydrogen) atoms. The van der Waals surface area contributed by atoms with Gasteiger partial charge in [0, 0.05) is 6.92 Å². The second-order valence-electron chi connectivity index (χ2n) is 7.27. The Hall–Kier alpha value is -1.46. The molecule has 0 aromatic carbocycles. The summed E-state index contributed by atoms with van der Waals surface area (Å²) in [5.41, 5.74) is 0. The molecule has 0 spiro atoms. The molecule has 7 N–H and O–H groups in total. The summed E-state index contributed by atoms with van der Waals surface area (Å²) < 4.78 is 26.2. The van der Waals surface area contributed by atoms with Gasteiger partial charge in [-0.2, -0.15) is 0 Å². The van der Waals surface area contributed by atoms with Gasteiger partial charge >= 0.3 is 11.9 Å². The number of carbonyl (C=O) groups is 2. The van der Waals surface area contributed by atoms with Crippen LogP contribution in [0.5, 0.6) is 0 Å². The fraction of sp³-hybridized carbons (Fsp3) is 0.882. The summed E-state index contributed by atoms with van der Waals surface area (Å²) in [4.78, 5) is 23.3. The van der Waals surface area contributed by atoms with Gasteiger partial charge in [-0.15, -0.1) is 0 Å². The third-order valence-electron chi connectivity index (χ3n) is 4.88. The lowest BCUT2D eigenvalue weighted by atomic mass is 9.99. The van der Waals surface area contributed by atoms with Gasteiger partial charge in [-0.25, -0.2) is 4.79 Å². The monoisotopic (exact) mass is 456 g/mol. The van der Waals surface area contributed by atoms with Gasteiger partial charge in [0.15, 0.2) is 12.4 Å². The molecule has 2 aliphatic rings. The Labute approximate surface area is 176 Å². The first-order chi connectivity index (χ1) is 14.5. The van der Waals surface area contributed by atoms with Crippen LogP contribution in [0.15, 0.2) is 0 Å². The van der Waals surface area contributed by atoms with Crippen molar-refractivity contribution >= 4 is 11.9 Å². The van der Waals surface area contributed by atoms with E-state index in [1.165, 1.54) is 0 Å². The number of hydrogen-bond acceptors (Lipinski definition) is 14. The van der Waals surface area contributed by atoms with E-state index < -0.39 is 92.7 Å². The van der Waals surface area contributed by atoms with Crippen LogP contribution in [0.1, 0.15) is 13.8 Å². The zero-order valence-corrected chi connectivity index (χ0v) is 16.8. The highest BCUT2D eigenvalue weighted by atomic mass is 16.8. The van der Waals surface area contributed by atoms with Crippen molar-refractivity contribution in [2.75, 3.05) is 19.8 Å². The van der Waals surface area contributed by atoms with Gasteiger partial charge in [0.1, 0.15) is 49.3 Å². The first-order valence-corrected chi connectivity index (χ1v) is 9.44. The number of esters is 2. The standard InChI is InChI=1S/C17H28O14/c1-6(20)15(26)29-14-11(23)9(4-19)30-17(14,5-27-7(2)21)31-16-13(25)12(24)10(22)8(3-18)28-16/h6,8-14,16,18-20,22-25H,3-5H2,1-2H3/t6?,8-,9-,10-,11-,12+,13-,14+,16-,17+/m1/s1. The molecule has 180 valence electrons. The van der Waals surface area contributed by atoms with Crippen LogP contribution in [-0.2, 0) is 33.3 Å². The van der Waals surface area contributed by atoms with Gasteiger partial charge in [0.25, 0.3) is 0 Å². The summed E-state index contributed by atoms with van der Waals surface area (Å²) in [5, 5.41) is 68.9. The van der Waals surface area contributed by atoms with Crippen LogP contribution < -0.4 is 0 Å². The second-order valence-corrected chi connectivity index (χ2v) is 7.27. The molecule has 2 fully saturated rings. The summed E-state index contributed by atoms with van der Waals surface area (Å²) in [6.45, 7) is -0.273. The Bertz CT molecular complexity index is 626. The van der Waals surface area contributed by atoms with E-state index in [9.17, 15) is 45.3 Å². The molecular formula is C17H28O14. The number of hydrogen-bond donors (Lipinski definition) is 7. The third-order valence-corrected chi connectivity index (χ3v) is 4.88. The zero-order chi connectivity index (χ0) is 23.5. The fourth-order valence-corrected chi connectivity index (χ4v) is 3.19. The largest absolute Gasteiger partial charge is 0.460 e. The Morgan fingerprint density at radius 2 is 1.61 bits per heavy atom. The molecule has 0 radical (unpaired) electrons. The molecule has 0 aliphatic carbocycles. The summed E-state index contributed by atoms with van der Waals surface area (Å²) in [6, 6.07) is 0. The van der Waals surface area contributed by atoms with Crippen molar-refractivity contribution in [1.29, 1.82) is 0 Å². The van der Waals surface area contributed by atoms with E-state index in [1.807, 2.05) is 0 Å². The molecule has 1 unspecified atom stereocenters. The molecule has 0 saturated carbocycles. The highest BCUT2D eigenvalue weighted by Crippen LogP contribution is 2.38. The maximum atomic E-state index is 12.0. The van der Waals surface area contributed by atoms with Crippen LogP contribution in [0.2, 0.25) is 0 Å². The van der Waals surface area contributed by atoms with E-state index in [-0.39, 0.29) is 0 Å². The van der Waals surface area contributed by atoms with E-state index >= 15 is 0 Å². The molecule has 2 aliphatic heterocycles. The first kappa shape index (κ1) is 25.8. The second kappa shape index (κ2) is 10.4. The lowest BCUT2D eigenvalue weighted by Crippen LogP contribution is -2.63. The number of aliphatic hydroxyl groups excluding tert-OH is 7. The highest BCUT2D eigenvalue weighted by molar-refractivity contribution is 5.74. The Morgan fingerprint density at radius 1 is 1.00 bits per heavy atom. The minimum absolute atomic E-state index is 0.773. The van der Waals surface area contributed by atoms with Crippen molar-refractivity contribution in [1.82, 2.24) is 0 Å². The fourth-order valence-electron chi connectivity index (χ4n) is 3.19. The Morgan fingerprint density at radius 3 is 2.13 bits per heavy atom. The maximum Gasteiger partial charge on any atom is 0.335 e. The predicted molar refractivity (Wildman–Crippen MR) is 93.7 cm³/mol. The number of rotatable bonds is 8. The van der Waals surface area contributed by atoms with Gasteiger partial charge in [-0.05, 0) is 6.92 Å². The number of ether oxygens (including phenoxy) is 5. The van der Waals surface area contributed by atoms with E-state index in [0.29, 0.717) is 0 Å². The number of aliphatic hydroxyl groups is 7. The first-order valence-electron chi connectivity index (χ1n) is 9.44. The average molecular weight is 456 g/mol. The van der Waals surface area contributed by atoms with Crippen LogP contribution in [0.4, 0.5) is 0 Å². The van der Waals surface area contributed by atoms with Crippen LogP contribution in [0, 0.1) is 0 Å². The molecule has 0 bridgehead atoms. The maximum absolute atomic E-state index is 12.0. The molecule has 0 aromatic heterocycles. The zero-order valence-electron chi connectivity index (χ0n) is 16.8. The van der Waals surface area contributed by atoms with E-state index in [0.717, 1.165) is 13.8 Å². The molecule has 2 saturated heterocycles. The summed E-state index contributed by atoms with van der Waals surface area (Å²) >= 11 is 0. The summed E-state index contributed by atoms with van der Waals surface area (Å²) in [6.07, 6.45) is -15.2. The molecule has 0 amide bonds. The van der Waals surface area contributed by atoms with Crippen LogP contribution in [0.25, 0.3) is 0 Å². The molecule has 2 heterocycles. The van der Waals surface area contributed by atoms with E-state index in [2.05, 4.69) is 0 Å². The van der Waals surface area contributed by atoms with E-state index in [1.54, 1.807) is 0 Å². The molecular weight excluding hydrogens is 428 g/mol. The normalized spacial score (nSPS) is 41.6.